The van der Waals surface area contributed by atoms with Gasteiger partial charge in [0, 0.05) is 38.0 Å². The number of rotatable bonds is 3. The zero-order valence-electron chi connectivity index (χ0n) is 15.5. The molecular formula is C21H21N3O3S. The standard InChI is InChI=1S/C21H21N3O3S/c25-16-6-3-5-15-20(16)28-19(22-15)13-23-8-10-24(11-9-23)21(26)18-12-14-4-1-2-7-17(14)27-18/h1-2,4,7,12H,3,5-6,8-11,13H2. The number of hydrogen-bond donors (Lipinski definition) is 0. The molecule has 0 bridgehead atoms. The van der Waals surface area contributed by atoms with Crippen LogP contribution < -0.4 is 0 Å². The lowest BCUT2D eigenvalue weighted by molar-refractivity contribution is 0.0600. The molecule has 1 amide bonds. The molecule has 28 heavy (non-hydrogen) atoms. The van der Waals surface area contributed by atoms with Crippen LogP contribution in [0.5, 0.6) is 0 Å². The molecule has 1 aliphatic heterocycles. The Balaban J connectivity index is 1.21. The molecule has 1 aromatic carbocycles. The largest absolute Gasteiger partial charge is 0.451 e. The number of benzene rings is 1. The van der Waals surface area contributed by atoms with Gasteiger partial charge in [0.15, 0.2) is 11.5 Å². The lowest BCUT2D eigenvalue weighted by Crippen LogP contribution is -2.48. The maximum Gasteiger partial charge on any atom is 0.289 e. The molecule has 2 aromatic heterocycles. The lowest BCUT2D eigenvalue weighted by Gasteiger charge is -2.33. The van der Waals surface area contributed by atoms with E-state index in [9.17, 15) is 9.59 Å². The van der Waals surface area contributed by atoms with Crippen LogP contribution in [0, 0.1) is 0 Å². The number of aryl methyl sites for hydroxylation is 1. The first kappa shape index (κ1) is 17.6. The fourth-order valence-electron chi connectivity index (χ4n) is 3.93. The van der Waals surface area contributed by atoms with Crippen LogP contribution in [0.15, 0.2) is 34.7 Å². The minimum Gasteiger partial charge on any atom is -0.451 e. The minimum absolute atomic E-state index is 0.0499. The van der Waals surface area contributed by atoms with Gasteiger partial charge in [-0.2, -0.15) is 0 Å². The molecule has 0 N–H and O–H groups in total. The van der Waals surface area contributed by atoms with Crippen molar-refractivity contribution in [3.8, 4) is 0 Å². The predicted octanol–water partition coefficient (Wildman–Crippen LogP) is 3.37. The van der Waals surface area contributed by atoms with E-state index in [-0.39, 0.29) is 11.7 Å². The smallest absolute Gasteiger partial charge is 0.289 e. The number of Topliss-reactive ketones (excluding diaryl/α,β-unsaturated/α-hetero) is 1. The van der Waals surface area contributed by atoms with E-state index >= 15 is 0 Å². The first-order valence-corrected chi connectivity index (χ1v) is 10.5. The monoisotopic (exact) mass is 395 g/mol. The summed E-state index contributed by atoms with van der Waals surface area (Å²) in [5.41, 5.74) is 1.72. The Morgan fingerprint density at radius 2 is 1.96 bits per heavy atom. The number of amides is 1. The van der Waals surface area contributed by atoms with Crippen molar-refractivity contribution in [3.63, 3.8) is 0 Å². The number of aromatic nitrogens is 1. The van der Waals surface area contributed by atoms with Crippen molar-refractivity contribution in [3.05, 3.63) is 51.7 Å². The third-order valence-electron chi connectivity index (χ3n) is 5.47. The Hall–Kier alpha value is -2.51. The number of thiazole rings is 1. The Morgan fingerprint density at radius 1 is 1.14 bits per heavy atom. The summed E-state index contributed by atoms with van der Waals surface area (Å²) in [5.74, 6) is 0.596. The van der Waals surface area contributed by atoms with Crippen LogP contribution in [0.3, 0.4) is 0 Å². The van der Waals surface area contributed by atoms with Crippen LogP contribution in [-0.2, 0) is 13.0 Å². The zero-order valence-corrected chi connectivity index (χ0v) is 16.3. The number of para-hydroxylation sites is 1. The molecule has 5 rings (SSSR count). The highest BCUT2D eigenvalue weighted by Gasteiger charge is 2.26. The van der Waals surface area contributed by atoms with E-state index in [0.29, 0.717) is 25.3 Å². The Kier molecular flexibility index (Phi) is 4.49. The number of ketones is 1. The maximum absolute atomic E-state index is 12.8. The number of carbonyl (C=O) groups is 2. The van der Waals surface area contributed by atoms with Gasteiger partial charge in [-0.3, -0.25) is 14.5 Å². The summed E-state index contributed by atoms with van der Waals surface area (Å²) in [5, 5.41) is 1.96. The van der Waals surface area contributed by atoms with Gasteiger partial charge in [0.2, 0.25) is 0 Å². The second kappa shape index (κ2) is 7.14. The molecule has 1 saturated heterocycles. The van der Waals surface area contributed by atoms with Gasteiger partial charge >= 0.3 is 0 Å². The summed E-state index contributed by atoms with van der Waals surface area (Å²) in [4.78, 5) is 34.5. The van der Waals surface area contributed by atoms with Crippen LogP contribution in [0.2, 0.25) is 0 Å². The molecular weight excluding hydrogens is 374 g/mol. The van der Waals surface area contributed by atoms with Crippen LogP contribution >= 0.6 is 11.3 Å². The Morgan fingerprint density at radius 3 is 2.75 bits per heavy atom. The highest BCUT2D eigenvalue weighted by atomic mass is 32.1. The van der Waals surface area contributed by atoms with Crippen LogP contribution in [0.25, 0.3) is 11.0 Å². The van der Waals surface area contributed by atoms with Crippen molar-refractivity contribution in [2.75, 3.05) is 26.2 Å². The van der Waals surface area contributed by atoms with Crippen LogP contribution in [-0.4, -0.2) is 52.7 Å². The molecule has 0 radical (unpaired) electrons. The molecule has 3 heterocycles. The number of fused-ring (bicyclic) bond motifs is 2. The second-order valence-electron chi connectivity index (χ2n) is 7.38. The zero-order chi connectivity index (χ0) is 19.1. The minimum atomic E-state index is -0.0499. The Labute approximate surface area is 166 Å². The van der Waals surface area contributed by atoms with Gasteiger partial charge in [-0.25, -0.2) is 4.98 Å². The van der Waals surface area contributed by atoms with E-state index in [1.54, 1.807) is 11.3 Å². The summed E-state index contributed by atoms with van der Waals surface area (Å²) in [7, 11) is 0. The fraction of sp³-hybridized carbons (Fsp3) is 0.381. The van der Waals surface area contributed by atoms with E-state index in [0.717, 1.165) is 59.0 Å². The number of nitrogens with zero attached hydrogens (tertiary/aromatic N) is 3. The summed E-state index contributed by atoms with van der Waals surface area (Å²) in [6.45, 7) is 3.67. The fourth-order valence-corrected chi connectivity index (χ4v) is 5.05. The third-order valence-corrected chi connectivity index (χ3v) is 6.59. The lowest BCUT2D eigenvalue weighted by atomic mass is 10.0. The van der Waals surface area contributed by atoms with Crippen molar-refractivity contribution < 1.29 is 14.0 Å². The number of hydrogen-bond acceptors (Lipinski definition) is 6. The summed E-state index contributed by atoms with van der Waals surface area (Å²) in [6, 6.07) is 9.49. The van der Waals surface area contributed by atoms with E-state index < -0.39 is 0 Å². The van der Waals surface area contributed by atoms with Crippen molar-refractivity contribution in [1.82, 2.24) is 14.8 Å². The van der Waals surface area contributed by atoms with Crippen molar-refractivity contribution in [2.24, 2.45) is 0 Å². The van der Waals surface area contributed by atoms with Gasteiger partial charge in [0.05, 0.1) is 17.1 Å². The van der Waals surface area contributed by atoms with Gasteiger partial charge in [-0.15, -0.1) is 11.3 Å². The van der Waals surface area contributed by atoms with E-state index in [4.69, 9.17) is 4.42 Å². The number of carbonyl (C=O) groups excluding carboxylic acids is 2. The Bertz CT molecular complexity index is 1010. The maximum atomic E-state index is 12.8. The number of furan rings is 1. The number of piperazine rings is 1. The summed E-state index contributed by atoms with van der Waals surface area (Å²) in [6.07, 6.45) is 2.48. The summed E-state index contributed by atoms with van der Waals surface area (Å²) < 4.78 is 5.72. The quantitative estimate of drug-likeness (QED) is 0.680. The first-order chi connectivity index (χ1) is 13.7. The van der Waals surface area contributed by atoms with Gasteiger partial charge < -0.3 is 9.32 Å². The molecule has 6 nitrogen and oxygen atoms in total. The van der Waals surface area contributed by atoms with Crippen LogP contribution in [0.4, 0.5) is 0 Å². The molecule has 1 fully saturated rings. The normalized spacial score (nSPS) is 17.9. The molecule has 0 atom stereocenters. The van der Waals surface area contributed by atoms with Crippen molar-refractivity contribution >= 4 is 34.0 Å². The predicted molar refractivity (Wildman–Crippen MR) is 107 cm³/mol. The SMILES string of the molecule is O=C1CCCc2nc(CN3CCN(C(=O)c4cc5ccccc5o4)CC3)sc21. The topological polar surface area (TPSA) is 66.7 Å². The van der Waals surface area contributed by atoms with Gasteiger partial charge in [-0.1, -0.05) is 18.2 Å². The second-order valence-corrected chi connectivity index (χ2v) is 8.46. The molecule has 0 saturated carbocycles. The molecule has 2 aliphatic rings. The van der Waals surface area contributed by atoms with Crippen LogP contribution in [0.1, 0.15) is 43.8 Å². The van der Waals surface area contributed by atoms with Gasteiger partial charge in [0.1, 0.15) is 10.6 Å². The highest BCUT2D eigenvalue weighted by molar-refractivity contribution is 7.13. The van der Waals surface area contributed by atoms with E-state index in [2.05, 4.69) is 9.88 Å². The molecule has 3 aromatic rings. The van der Waals surface area contributed by atoms with E-state index in [1.807, 2.05) is 35.2 Å². The molecule has 144 valence electrons. The molecule has 7 heteroatoms. The van der Waals surface area contributed by atoms with Crippen molar-refractivity contribution in [2.45, 2.75) is 25.8 Å². The summed E-state index contributed by atoms with van der Waals surface area (Å²) >= 11 is 1.55. The van der Waals surface area contributed by atoms with Gasteiger partial charge in [-0.05, 0) is 25.0 Å². The van der Waals surface area contributed by atoms with Gasteiger partial charge in [0.25, 0.3) is 5.91 Å². The van der Waals surface area contributed by atoms with Crippen molar-refractivity contribution in [1.29, 1.82) is 0 Å². The highest BCUT2D eigenvalue weighted by Crippen LogP contribution is 2.28. The molecule has 0 unspecified atom stereocenters. The average Bonchev–Trinajstić information content (AvgIpc) is 3.32. The average molecular weight is 395 g/mol. The third kappa shape index (κ3) is 3.25. The molecule has 1 aliphatic carbocycles. The van der Waals surface area contributed by atoms with E-state index in [1.165, 1.54) is 0 Å². The first-order valence-electron chi connectivity index (χ1n) is 9.69. The molecule has 0 spiro atoms.